The van der Waals surface area contributed by atoms with Crippen molar-refractivity contribution in [2.24, 2.45) is 5.10 Å². The predicted molar refractivity (Wildman–Crippen MR) is 130 cm³/mol. The molecule has 0 aliphatic heterocycles. The van der Waals surface area contributed by atoms with Gasteiger partial charge in [0.05, 0.1) is 21.3 Å². The first-order chi connectivity index (χ1) is 15.4. The number of hydrogen-bond donors (Lipinski definition) is 2. The molecule has 4 aromatic rings. The van der Waals surface area contributed by atoms with Gasteiger partial charge in [-0.2, -0.15) is 5.10 Å². The number of nitrogens with zero attached hydrogens (tertiary/aromatic N) is 2. The molecule has 2 aromatic carbocycles. The second kappa shape index (κ2) is 9.48. The first kappa shape index (κ1) is 22.0. The van der Waals surface area contributed by atoms with Gasteiger partial charge in [-0.25, -0.2) is 5.43 Å². The summed E-state index contributed by atoms with van der Waals surface area (Å²) in [6, 6.07) is 15.9. The summed E-state index contributed by atoms with van der Waals surface area (Å²) in [5.74, 6) is -0.691. The van der Waals surface area contributed by atoms with E-state index in [0.717, 1.165) is 10.3 Å². The maximum absolute atomic E-state index is 12.7. The summed E-state index contributed by atoms with van der Waals surface area (Å²) in [6.07, 6.45) is 3.10. The minimum absolute atomic E-state index is 0.267. The Morgan fingerprint density at radius 2 is 1.78 bits per heavy atom. The van der Waals surface area contributed by atoms with E-state index in [2.05, 4.69) is 20.8 Å². The third-order valence-electron chi connectivity index (χ3n) is 4.60. The van der Waals surface area contributed by atoms with Gasteiger partial charge in [-0.3, -0.25) is 14.6 Å². The van der Waals surface area contributed by atoms with Crippen molar-refractivity contribution in [3.8, 4) is 0 Å². The third-order valence-corrected chi connectivity index (χ3v) is 6.56. The first-order valence-electron chi connectivity index (χ1n) is 9.47. The van der Waals surface area contributed by atoms with Crippen molar-refractivity contribution < 1.29 is 9.59 Å². The second-order valence-electron chi connectivity index (χ2n) is 6.77. The van der Waals surface area contributed by atoms with Gasteiger partial charge in [0, 0.05) is 28.2 Å². The van der Waals surface area contributed by atoms with E-state index >= 15 is 0 Å². The topological polar surface area (TPSA) is 83.5 Å². The summed E-state index contributed by atoms with van der Waals surface area (Å²) in [6.45, 7) is 1.76. The largest absolute Gasteiger partial charge is 0.322 e. The van der Waals surface area contributed by atoms with E-state index in [1.165, 1.54) is 17.5 Å². The van der Waals surface area contributed by atoms with Crippen LogP contribution in [0.2, 0.25) is 10.0 Å². The number of hydrazone groups is 1. The van der Waals surface area contributed by atoms with Crippen molar-refractivity contribution in [3.05, 3.63) is 93.0 Å². The number of carbonyl (C=O) groups excluding carboxylic acids is 2. The number of rotatable bonds is 5. The number of hydrogen-bond acceptors (Lipinski definition) is 5. The van der Waals surface area contributed by atoms with E-state index in [1.807, 2.05) is 18.2 Å². The van der Waals surface area contributed by atoms with Gasteiger partial charge in [0.25, 0.3) is 11.8 Å². The van der Waals surface area contributed by atoms with E-state index < -0.39 is 5.91 Å². The third kappa shape index (κ3) is 4.65. The van der Waals surface area contributed by atoms with Crippen molar-refractivity contribution in [2.45, 2.75) is 6.92 Å². The van der Waals surface area contributed by atoms with Crippen LogP contribution in [0.3, 0.4) is 0 Å². The average Bonchev–Trinajstić information content (AvgIpc) is 3.15. The molecule has 2 aromatic heterocycles. The highest BCUT2D eigenvalue weighted by atomic mass is 35.5. The molecule has 2 amide bonds. The molecule has 32 heavy (non-hydrogen) atoms. The lowest BCUT2D eigenvalue weighted by molar-refractivity contribution is 0.0958. The summed E-state index contributed by atoms with van der Waals surface area (Å²) in [5.41, 5.74) is 4.89. The minimum Gasteiger partial charge on any atom is -0.322 e. The molecule has 0 unspecified atom stereocenters. The smallest absolute Gasteiger partial charge is 0.283 e. The normalized spacial score (nSPS) is 11.4. The first-order valence-corrected chi connectivity index (χ1v) is 11.0. The van der Waals surface area contributed by atoms with Gasteiger partial charge in [0.2, 0.25) is 0 Å². The molecule has 0 radical (unpaired) electrons. The number of aromatic nitrogens is 1. The molecule has 4 rings (SSSR count). The van der Waals surface area contributed by atoms with Crippen LogP contribution in [0.15, 0.2) is 72.1 Å². The number of halogens is 2. The number of carbonyl (C=O) groups is 2. The van der Waals surface area contributed by atoms with Crippen LogP contribution < -0.4 is 10.7 Å². The zero-order valence-corrected chi connectivity index (χ0v) is 19.1. The number of pyridine rings is 1. The number of fused-ring (bicyclic) bond motifs is 1. The van der Waals surface area contributed by atoms with Crippen molar-refractivity contribution >= 4 is 67.8 Å². The van der Waals surface area contributed by atoms with Crippen LogP contribution in [0, 0.1) is 0 Å². The molecule has 160 valence electrons. The van der Waals surface area contributed by atoms with Crippen molar-refractivity contribution in [2.75, 3.05) is 5.32 Å². The molecule has 0 saturated carbocycles. The highest BCUT2D eigenvalue weighted by molar-refractivity contribution is 7.21. The number of anilines is 1. The van der Waals surface area contributed by atoms with Crippen molar-refractivity contribution in [1.29, 1.82) is 0 Å². The van der Waals surface area contributed by atoms with Gasteiger partial charge < -0.3 is 5.32 Å². The van der Waals surface area contributed by atoms with Crippen LogP contribution in [-0.4, -0.2) is 22.5 Å². The van der Waals surface area contributed by atoms with Crippen molar-refractivity contribution in [1.82, 2.24) is 10.4 Å². The Morgan fingerprint density at radius 3 is 2.53 bits per heavy atom. The quantitative estimate of drug-likeness (QED) is 0.269. The number of amides is 2. The fraction of sp³-hybridized carbons (Fsp3) is 0.0435. The van der Waals surface area contributed by atoms with Crippen LogP contribution in [0.25, 0.3) is 10.1 Å². The summed E-state index contributed by atoms with van der Waals surface area (Å²) < 4.78 is 0.824. The number of thiophene rings is 1. The zero-order valence-electron chi connectivity index (χ0n) is 16.7. The lowest BCUT2D eigenvalue weighted by Crippen LogP contribution is -2.18. The standard InChI is InChI=1S/C23H16Cl2N4O2S/c1-13(14-5-2-7-16(11-14)27-22(30)15-6-4-10-26-12-15)28-29-23(31)21-20(25)19-17(24)8-3-9-18(19)32-21/h2-12H,1H3,(H,27,30)(H,29,31)/b28-13+. The van der Waals surface area contributed by atoms with Gasteiger partial charge in [-0.1, -0.05) is 41.4 Å². The second-order valence-corrected chi connectivity index (χ2v) is 8.61. The van der Waals surface area contributed by atoms with E-state index in [0.29, 0.717) is 37.3 Å². The molecule has 0 fully saturated rings. The lowest BCUT2D eigenvalue weighted by atomic mass is 10.1. The van der Waals surface area contributed by atoms with Crippen LogP contribution >= 0.6 is 34.5 Å². The molecule has 2 N–H and O–H groups in total. The van der Waals surface area contributed by atoms with E-state index in [4.69, 9.17) is 23.2 Å². The molecule has 0 aliphatic rings. The van der Waals surface area contributed by atoms with E-state index in [-0.39, 0.29) is 5.91 Å². The average molecular weight is 483 g/mol. The monoisotopic (exact) mass is 482 g/mol. The highest BCUT2D eigenvalue weighted by Gasteiger charge is 2.18. The molecular formula is C23H16Cl2N4O2S. The Morgan fingerprint density at radius 1 is 1.00 bits per heavy atom. The van der Waals surface area contributed by atoms with Gasteiger partial charge in [0.15, 0.2) is 0 Å². The Balaban J connectivity index is 1.49. The predicted octanol–water partition coefficient (Wildman–Crippen LogP) is 6.01. The Kier molecular flexibility index (Phi) is 6.50. The molecule has 0 aliphatic carbocycles. The fourth-order valence-electron chi connectivity index (χ4n) is 2.99. The molecule has 2 heterocycles. The Hall–Kier alpha value is -3.26. The minimum atomic E-state index is -0.423. The van der Waals surface area contributed by atoms with Crippen LogP contribution in [-0.2, 0) is 0 Å². The van der Waals surface area contributed by atoms with Crippen LogP contribution in [0.1, 0.15) is 32.5 Å². The zero-order chi connectivity index (χ0) is 22.7. The SMILES string of the molecule is C/C(=N\NC(=O)c1sc2cccc(Cl)c2c1Cl)c1cccc(NC(=O)c2cccnc2)c1. The molecule has 0 bridgehead atoms. The Labute approximate surface area is 197 Å². The van der Waals surface area contributed by atoms with Gasteiger partial charge in [-0.05, 0) is 48.9 Å². The molecule has 9 heteroatoms. The lowest BCUT2D eigenvalue weighted by Gasteiger charge is -2.08. The van der Waals surface area contributed by atoms with Gasteiger partial charge in [-0.15, -0.1) is 11.3 Å². The molecular weight excluding hydrogens is 467 g/mol. The van der Waals surface area contributed by atoms with E-state index in [1.54, 1.807) is 49.5 Å². The molecule has 6 nitrogen and oxygen atoms in total. The summed E-state index contributed by atoms with van der Waals surface area (Å²) in [7, 11) is 0. The summed E-state index contributed by atoms with van der Waals surface area (Å²) in [4.78, 5) is 29.3. The number of benzene rings is 2. The van der Waals surface area contributed by atoms with Crippen molar-refractivity contribution in [3.63, 3.8) is 0 Å². The molecule has 0 saturated heterocycles. The maximum Gasteiger partial charge on any atom is 0.283 e. The van der Waals surface area contributed by atoms with E-state index in [9.17, 15) is 9.59 Å². The fourth-order valence-corrected chi connectivity index (χ4v) is 4.83. The summed E-state index contributed by atoms with van der Waals surface area (Å²) >= 11 is 13.8. The highest BCUT2D eigenvalue weighted by Crippen LogP contribution is 2.39. The van der Waals surface area contributed by atoms with Gasteiger partial charge >= 0.3 is 0 Å². The van der Waals surface area contributed by atoms with Gasteiger partial charge in [0.1, 0.15) is 4.88 Å². The van der Waals surface area contributed by atoms with Crippen LogP contribution in [0.4, 0.5) is 5.69 Å². The summed E-state index contributed by atoms with van der Waals surface area (Å²) in [5, 5.41) is 8.47. The van der Waals surface area contributed by atoms with Crippen LogP contribution in [0.5, 0.6) is 0 Å². The maximum atomic E-state index is 12.7. The molecule has 0 atom stereocenters. The Bertz CT molecular complexity index is 1350. The molecule has 0 spiro atoms. The number of nitrogens with one attached hydrogen (secondary N) is 2.